The average Bonchev–Trinajstić information content (AvgIpc) is 3.22. The third-order valence-electron chi connectivity index (χ3n) is 6.72. The highest BCUT2D eigenvalue weighted by Crippen LogP contribution is 2.25. The molecule has 1 aliphatic heterocycles. The van der Waals surface area contributed by atoms with E-state index < -0.39 is 0 Å². The van der Waals surface area contributed by atoms with E-state index in [2.05, 4.69) is 10.3 Å². The molecule has 9 nitrogen and oxygen atoms in total. The number of carbonyl (C=O) groups excluding carboxylic acids is 2. The van der Waals surface area contributed by atoms with Crippen molar-refractivity contribution in [3.05, 3.63) is 28.6 Å². The van der Waals surface area contributed by atoms with Gasteiger partial charge in [0.15, 0.2) is 0 Å². The van der Waals surface area contributed by atoms with Gasteiger partial charge in [0.05, 0.1) is 18.7 Å². The third-order valence-corrected chi connectivity index (χ3v) is 6.72. The maximum Gasteiger partial charge on any atom is 0.267 e. The number of amides is 2. The molecule has 1 aromatic carbocycles. The average molecular weight is 471 g/mol. The molecule has 9 heteroatoms. The van der Waals surface area contributed by atoms with Crippen molar-refractivity contribution in [2.45, 2.75) is 76.8 Å². The number of fused-ring (bicyclic) bond motifs is 2. The molecule has 2 aliphatic rings. The fraction of sp³-hybridized carbons (Fsp3) is 0.600. The largest absolute Gasteiger partial charge is 0.493 e. The second-order valence-corrected chi connectivity index (χ2v) is 9.14. The maximum atomic E-state index is 12.8. The summed E-state index contributed by atoms with van der Waals surface area (Å²) >= 11 is 0. The van der Waals surface area contributed by atoms with Gasteiger partial charge in [-0.15, -0.1) is 0 Å². The van der Waals surface area contributed by atoms with Crippen LogP contribution in [0.15, 0.2) is 23.0 Å². The number of ether oxygens (including phenoxy) is 1. The van der Waals surface area contributed by atoms with Gasteiger partial charge >= 0.3 is 0 Å². The first-order chi connectivity index (χ1) is 16.6. The van der Waals surface area contributed by atoms with Crippen LogP contribution < -0.4 is 15.6 Å². The molecule has 0 radical (unpaired) electrons. The molecule has 0 bridgehead atoms. The molecule has 0 saturated heterocycles. The number of anilines is 1. The zero-order chi connectivity index (χ0) is 23.9. The fourth-order valence-corrected chi connectivity index (χ4v) is 4.97. The summed E-state index contributed by atoms with van der Waals surface area (Å²) in [6.07, 6.45) is 9.66. The van der Waals surface area contributed by atoms with Crippen LogP contribution in [-0.4, -0.2) is 57.2 Å². The van der Waals surface area contributed by atoms with Crippen molar-refractivity contribution in [2.75, 3.05) is 25.1 Å². The molecule has 2 aromatic rings. The Morgan fingerprint density at radius 2 is 1.94 bits per heavy atom. The van der Waals surface area contributed by atoms with Gasteiger partial charge in [-0.3, -0.25) is 24.3 Å². The first-order valence-corrected chi connectivity index (χ1v) is 12.4. The van der Waals surface area contributed by atoms with Gasteiger partial charge in [0.25, 0.3) is 5.56 Å². The van der Waals surface area contributed by atoms with Crippen LogP contribution >= 0.6 is 0 Å². The van der Waals surface area contributed by atoms with Crippen molar-refractivity contribution in [1.82, 2.24) is 14.5 Å². The number of nitrogens with zero attached hydrogens (tertiary/aromatic N) is 3. The van der Waals surface area contributed by atoms with E-state index in [4.69, 9.17) is 4.74 Å². The number of aliphatic hydroxyl groups is 1. The minimum Gasteiger partial charge on any atom is -0.493 e. The fourth-order valence-electron chi connectivity index (χ4n) is 4.97. The molecule has 0 spiro atoms. The third kappa shape index (κ3) is 5.58. The van der Waals surface area contributed by atoms with E-state index in [-0.39, 0.29) is 42.5 Å². The SMILES string of the molecule is O=C1Cn2c(nc3cccc(OCCCCCCC(=O)N(CCO)C4CCCCC4)c3c2=O)N1. The lowest BCUT2D eigenvalue weighted by Crippen LogP contribution is -2.43. The molecule has 2 amide bonds. The Morgan fingerprint density at radius 3 is 2.74 bits per heavy atom. The van der Waals surface area contributed by atoms with Gasteiger partial charge in [0, 0.05) is 19.0 Å². The number of benzene rings is 1. The molecular formula is C25H34N4O5. The second-order valence-electron chi connectivity index (χ2n) is 9.14. The van der Waals surface area contributed by atoms with Gasteiger partial charge < -0.3 is 14.7 Å². The molecule has 1 aromatic heterocycles. The summed E-state index contributed by atoms with van der Waals surface area (Å²) < 4.78 is 7.24. The van der Waals surface area contributed by atoms with Crippen LogP contribution in [0.1, 0.15) is 64.2 Å². The Morgan fingerprint density at radius 1 is 1.15 bits per heavy atom. The molecule has 0 unspecified atom stereocenters. The van der Waals surface area contributed by atoms with Crippen LogP contribution in [0.25, 0.3) is 10.9 Å². The standard InChI is InChI=1S/C25H34N4O5/c30-15-14-28(18-9-4-3-5-10-18)22(32)13-6-1-2-7-16-34-20-12-8-11-19-23(20)24(33)29-17-21(31)27-25(29)26-19/h8,11-12,18,30H,1-7,9-10,13-17H2,(H,26,27,31). The van der Waals surface area contributed by atoms with Crippen LogP contribution in [0.3, 0.4) is 0 Å². The lowest BCUT2D eigenvalue weighted by Gasteiger charge is -2.34. The summed E-state index contributed by atoms with van der Waals surface area (Å²) in [5.74, 6) is 0.655. The van der Waals surface area contributed by atoms with Gasteiger partial charge in [0.1, 0.15) is 17.7 Å². The lowest BCUT2D eigenvalue weighted by molar-refractivity contribution is -0.135. The van der Waals surface area contributed by atoms with Crippen LogP contribution in [0.5, 0.6) is 5.75 Å². The van der Waals surface area contributed by atoms with Crippen LogP contribution in [0.2, 0.25) is 0 Å². The molecule has 184 valence electrons. The van der Waals surface area contributed by atoms with Crippen LogP contribution in [0, 0.1) is 0 Å². The molecule has 1 saturated carbocycles. The first-order valence-electron chi connectivity index (χ1n) is 12.4. The van der Waals surface area contributed by atoms with Gasteiger partial charge in [-0.05, 0) is 37.8 Å². The summed E-state index contributed by atoms with van der Waals surface area (Å²) in [5.41, 5.74) is 0.220. The van der Waals surface area contributed by atoms with Crippen molar-refractivity contribution in [3.8, 4) is 5.75 Å². The van der Waals surface area contributed by atoms with Crippen molar-refractivity contribution in [3.63, 3.8) is 0 Å². The van der Waals surface area contributed by atoms with E-state index in [1.807, 2.05) is 4.90 Å². The number of carbonyl (C=O) groups is 2. The predicted molar refractivity (Wildman–Crippen MR) is 129 cm³/mol. The normalized spacial score (nSPS) is 15.9. The zero-order valence-corrected chi connectivity index (χ0v) is 19.6. The molecular weight excluding hydrogens is 436 g/mol. The Hall–Kier alpha value is -2.94. The molecule has 1 fully saturated rings. The van der Waals surface area contributed by atoms with Gasteiger partial charge in [-0.1, -0.05) is 38.2 Å². The number of nitrogens with one attached hydrogen (secondary N) is 1. The van der Waals surface area contributed by atoms with Crippen molar-refractivity contribution < 1.29 is 19.4 Å². The van der Waals surface area contributed by atoms with E-state index in [1.165, 1.54) is 11.0 Å². The van der Waals surface area contributed by atoms with Gasteiger partial charge in [-0.25, -0.2) is 4.98 Å². The second kappa shape index (κ2) is 11.5. The van der Waals surface area contributed by atoms with E-state index >= 15 is 0 Å². The molecule has 2 N–H and O–H groups in total. The van der Waals surface area contributed by atoms with Crippen molar-refractivity contribution in [2.24, 2.45) is 0 Å². The predicted octanol–water partition coefficient (Wildman–Crippen LogP) is 2.83. The monoisotopic (exact) mass is 470 g/mol. The van der Waals surface area contributed by atoms with Crippen LogP contribution in [-0.2, 0) is 16.1 Å². The topological polar surface area (TPSA) is 114 Å². The first kappa shape index (κ1) is 24.2. The van der Waals surface area contributed by atoms with E-state index in [0.29, 0.717) is 36.2 Å². The summed E-state index contributed by atoms with van der Waals surface area (Å²) in [6.45, 7) is 0.887. The van der Waals surface area contributed by atoms with Crippen LogP contribution in [0.4, 0.5) is 5.95 Å². The Labute approximate surface area is 199 Å². The Bertz CT molecular complexity index is 1080. The smallest absolute Gasteiger partial charge is 0.267 e. The highest BCUT2D eigenvalue weighted by molar-refractivity contribution is 5.95. The Balaban J connectivity index is 1.22. The molecule has 34 heavy (non-hydrogen) atoms. The minimum atomic E-state index is -0.280. The van der Waals surface area contributed by atoms with Gasteiger partial charge in [0.2, 0.25) is 17.8 Å². The number of aliphatic hydroxyl groups excluding tert-OH is 1. The van der Waals surface area contributed by atoms with Crippen molar-refractivity contribution in [1.29, 1.82) is 0 Å². The summed E-state index contributed by atoms with van der Waals surface area (Å²) in [7, 11) is 0. The highest BCUT2D eigenvalue weighted by atomic mass is 16.5. The Kier molecular flexibility index (Phi) is 8.16. The maximum absolute atomic E-state index is 12.8. The number of hydrogen-bond acceptors (Lipinski definition) is 6. The van der Waals surface area contributed by atoms with E-state index in [1.54, 1.807) is 18.2 Å². The number of aromatic nitrogens is 2. The lowest BCUT2D eigenvalue weighted by atomic mass is 9.94. The number of hydrogen-bond donors (Lipinski definition) is 2. The minimum absolute atomic E-state index is 0.0163. The van der Waals surface area contributed by atoms with E-state index in [9.17, 15) is 19.5 Å². The molecule has 0 atom stereocenters. The number of unbranched alkanes of at least 4 members (excludes halogenated alkanes) is 3. The quantitative estimate of drug-likeness (QED) is 0.488. The highest BCUT2D eigenvalue weighted by Gasteiger charge is 2.25. The summed E-state index contributed by atoms with van der Waals surface area (Å²) in [4.78, 5) is 43.4. The van der Waals surface area contributed by atoms with Crippen molar-refractivity contribution >= 4 is 28.7 Å². The van der Waals surface area contributed by atoms with Gasteiger partial charge in [-0.2, -0.15) is 0 Å². The molecule has 2 heterocycles. The zero-order valence-electron chi connectivity index (χ0n) is 19.6. The van der Waals surface area contributed by atoms with E-state index in [0.717, 1.165) is 51.4 Å². The summed E-state index contributed by atoms with van der Waals surface area (Å²) in [6, 6.07) is 5.56. The molecule has 4 rings (SSSR count). The number of rotatable bonds is 11. The summed E-state index contributed by atoms with van der Waals surface area (Å²) in [5, 5.41) is 12.4. The molecule has 1 aliphatic carbocycles.